The minimum atomic E-state index is -0.0848. The van der Waals surface area contributed by atoms with Gasteiger partial charge in [0.05, 0.1) is 19.3 Å². The van der Waals surface area contributed by atoms with Crippen molar-refractivity contribution in [2.45, 2.75) is 32.1 Å². The molecular weight excluding hydrogens is 422 g/mol. The van der Waals surface area contributed by atoms with Crippen molar-refractivity contribution in [2.24, 2.45) is 5.92 Å². The molecule has 8 nitrogen and oxygen atoms in total. The van der Waals surface area contributed by atoms with Crippen molar-refractivity contribution >= 4 is 5.91 Å². The molecule has 1 atom stereocenters. The number of fused-ring (bicyclic) bond motifs is 1. The predicted octanol–water partition coefficient (Wildman–Crippen LogP) is 2.47. The van der Waals surface area contributed by atoms with Gasteiger partial charge < -0.3 is 23.8 Å². The maximum absolute atomic E-state index is 13.3. The third kappa shape index (κ3) is 5.63. The van der Waals surface area contributed by atoms with E-state index >= 15 is 0 Å². The molecular formula is C25H31N3O5. The summed E-state index contributed by atoms with van der Waals surface area (Å²) in [6.45, 7) is 5.31. The summed E-state index contributed by atoms with van der Waals surface area (Å²) in [6.07, 6.45) is 5.47. The third-order valence-corrected chi connectivity index (χ3v) is 6.52. The van der Waals surface area contributed by atoms with E-state index in [-0.39, 0.29) is 18.8 Å². The molecule has 0 radical (unpaired) electrons. The van der Waals surface area contributed by atoms with E-state index in [2.05, 4.69) is 9.88 Å². The molecule has 1 aromatic heterocycles. The van der Waals surface area contributed by atoms with Crippen LogP contribution in [0.25, 0.3) is 0 Å². The molecule has 8 heteroatoms. The lowest BCUT2D eigenvalue weighted by atomic mass is 9.99. The van der Waals surface area contributed by atoms with Gasteiger partial charge in [-0.05, 0) is 42.5 Å². The van der Waals surface area contributed by atoms with E-state index in [1.165, 1.54) is 0 Å². The number of pyridine rings is 1. The van der Waals surface area contributed by atoms with Gasteiger partial charge in [0.25, 0.3) is 0 Å². The zero-order valence-electron chi connectivity index (χ0n) is 18.9. The summed E-state index contributed by atoms with van der Waals surface area (Å²) < 4.78 is 23.1. The Balaban J connectivity index is 1.30. The Morgan fingerprint density at radius 3 is 2.76 bits per heavy atom. The standard InChI is InChI=1S/C25H31N3O5/c29-24-16-27(13-21-2-1-3-23-25(21)33-18-32-23)14-22(31-17-20-4-8-26-9-5-20)15-28(24)12-19-6-10-30-11-7-19/h1-5,8-9,19,22H,6-7,10-18H2. The Hall–Kier alpha value is -2.68. The lowest BCUT2D eigenvalue weighted by Gasteiger charge is -2.30. The molecule has 1 aromatic carbocycles. The largest absolute Gasteiger partial charge is 0.454 e. The topological polar surface area (TPSA) is 73.4 Å². The van der Waals surface area contributed by atoms with Crippen LogP contribution in [-0.2, 0) is 27.4 Å². The first-order chi connectivity index (χ1) is 16.2. The molecule has 2 aromatic rings. The second kappa shape index (κ2) is 10.5. The number of ether oxygens (including phenoxy) is 4. The Bertz CT molecular complexity index is 935. The molecule has 3 aliphatic rings. The minimum absolute atomic E-state index is 0.0848. The van der Waals surface area contributed by atoms with Gasteiger partial charge in [-0.25, -0.2) is 0 Å². The second-order valence-electron chi connectivity index (χ2n) is 8.96. The number of hydrogen-bond acceptors (Lipinski definition) is 7. The number of rotatable bonds is 7. The molecule has 3 aliphatic heterocycles. The summed E-state index contributed by atoms with van der Waals surface area (Å²) in [5.74, 6) is 2.18. The van der Waals surface area contributed by atoms with Gasteiger partial charge in [-0.3, -0.25) is 14.7 Å². The van der Waals surface area contributed by atoms with Gasteiger partial charge in [0.2, 0.25) is 12.7 Å². The molecule has 0 saturated carbocycles. The van der Waals surface area contributed by atoms with Crippen LogP contribution in [0.3, 0.4) is 0 Å². The molecule has 4 heterocycles. The molecule has 1 amide bonds. The van der Waals surface area contributed by atoms with Crippen molar-refractivity contribution in [1.82, 2.24) is 14.8 Å². The van der Waals surface area contributed by atoms with Crippen molar-refractivity contribution in [1.29, 1.82) is 0 Å². The average Bonchev–Trinajstić information content (AvgIpc) is 3.28. The van der Waals surface area contributed by atoms with Crippen molar-refractivity contribution in [3.05, 3.63) is 53.9 Å². The summed E-state index contributed by atoms with van der Waals surface area (Å²) >= 11 is 0. The monoisotopic (exact) mass is 453 g/mol. The quantitative estimate of drug-likeness (QED) is 0.638. The fraction of sp³-hybridized carbons (Fsp3) is 0.520. The molecule has 1 unspecified atom stereocenters. The van der Waals surface area contributed by atoms with Crippen LogP contribution in [0.2, 0.25) is 0 Å². The third-order valence-electron chi connectivity index (χ3n) is 6.52. The summed E-state index contributed by atoms with van der Waals surface area (Å²) in [4.78, 5) is 21.5. The number of hydrogen-bond donors (Lipinski definition) is 0. The lowest BCUT2D eigenvalue weighted by molar-refractivity contribution is -0.133. The maximum atomic E-state index is 13.3. The van der Waals surface area contributed by atoms with Gasteiger partial charge in [-0.2, -0.15) is 0 Å². The zero-order valence-corrected chi connectivity index (χ0v) is 18.9. The van der Waals surface area contributed by atoms with Crippen LogP contribution in [-0.4, -0.2) is 73.0 Å². The van der Waals surface area contributed by atoms with E-state index in [0.717, 1.165) is 55.2 Å². The first-order valence-electron chi connectivity index (χ1n) is 11.7. The Kier molecular flexibility index (Phi) is 7.04. The average molecular weight is 454 g/mol. The van der Waals surface area contributed by atoms with Gasteiger partial charge in [0.1, 0.15) is 0 Å². The fourth-order valence-corrected chi connectivity index (χ4v) is 4.74. The van der Waals surface area contributed by atoms with Gasteiger partial charge in [0.15, 0.2) is 11.5 Å². The summed E-state index contributed by atoms with van der Waals surface area (Å²) in [5.41, 5.74) is 2.11. The van der Waals surface area contributed by atoms with E-state index < -0.39 is 0 Å². The molecule has 0 spiro atoms. The van der Waals surface area contributed by atoms with Crippen molar-refractivity contribution in [3.63, 3.8) is 0 Å². The zero-order chi connectivity index (χ0) is 22.5. The van der Waals surface area contributed by atoms with Crippen LogP contribution in [0, 0.1) is 5.92 Å². The van der Waals surface area contributed by atoms with Gasteiger partial charge in [-0.15, -0.1) is 0 Å². The molecule has 5 rings (SSSR count). The summed E-state index contributed by atoms with van der Waals surface area (Å²) in [7, 11) is 0. The minimum Gasteiger partial charge on any atom is -0.454 e. The Morgan fingerprint density at radius 2 is 1.91 bits per heavy atom. The SMILES string of the molecule is O=C1CN(Cc2cccc3c2OCO3)CC(OCc2ccncc2)CN1CC1CCOCC1. The molecule has 0 N–H and O–H groups in total. The number of benzene rings is 1. The molecule has 0 bridgehead atoms. The van der Waals surface area contributed by atoms with Crippen LogP contribution < -0.4 is 9.47 Å². The lowest BCUT2D eigenvalue weighted by Crippen LogP contribution is -2.42. The van der Waals surface area contributed by atoms with Crippen LogP contribution in [0.5, 0.6) is 11.5 Å². The van der Waals surface area contributed by atoms with Crippen molar-refractivity contribution in [3.8, 4) is 11.5 Å². The van der Waals surface area contributed by atoms with Crippen LogP contribution in [0.15, 0.2) is 42.7 Å². The van der Waals surface area contributed by atoms with Gasteiger partial charge in [-0.1, -0.05) is 12.1 Å². The maximum Gasteiger partial charge on any atom is 0.236 e. The van der Waals surface area contributed by atoms with E-state index in [1.807, 2.05) is 35.2 Å². The molecule has 2 fully saturated rings. The highest BCUT2D eigenvalue weighted by atomic mass is 16.7. The molecule has 176 valence electrons. The molecule has 33 heavy (non-hydrogen) atoms. The second-order valence-corrected chi connectivity index (χ2v) is 8.96. The number of para-hydroxylation sites is 1. The van der Waals surface area contributed by atoms with Gasteiger partial charge >= 0.3 is 0 Å². The fourth-order valence-electron chi connectivity index (χ4n) is 4.74. The number of nitrogens with zero attached hydrogens (tertiary/aromatic N) is 3. The molecule has 0 aliphatic carbocycles. The van der Waals surface area contributed by atoms with Crippen molar-refractivity contribution < 1.29 is 23.7 Å². The number of carbonyl (C=O) groups excluding carboxylic acids is 1. The highest BCUT2D eigenvalue weighted by Crippen LogP contribution is 2.36. The highest BCUT2D eigenvalue weighted by Gasteiger charge is 2.31. The van der Waals surface area contributed by atoms with E-state index in [9.17, 15) is 4.79 Å². The smallest absolute Gasteiger partial charge is 0.236 e. The number of amides is 1. The normalized spacial score (nSPS) is 21.9. The highest BCUT2D eigenvalue weighted by molar-refractivity contribution is 5.78. The van der Waals surface area contributed by atoms with Crippen molar-refractivity contribution in [2.75, 3.05) is 46.2 Å². The first-order valence-corrected chi connectivity index (χ1v) is 11.7. The van der Waals surface area contributed by atoms with E-state index in [4.69, 9.17) is 18.9 Å². The Morgan fingerprint density at radius 1 is 1.06 bits per heavy atom. The summed E-state index contributed by atoms with van der Waals surface area (Å²) in [5, 5.41) is 0. The van der Waals surface area contributed by atoms with E-state index in [0.29, 0.717) is 38.7 Å². The van der Waals surface area contributed by atoms with Crippen LogP contribution in [0.1, 0.15) is 24.0 Å². The molecule has 2 saturated heterocycles. The number of carbonyl (C=O) groups is 1. The van der Waals surface area contributed by atoms with Crippen LogP contribution >= 0.6 is 0 Å². The van der Waals surface area contributed by atoms with E-state index in [1.54, 1.807) is 12.4 Å². The number of aromatic nitrogens is 1. The predicted molar refractivity (Wildman–Crippen MR) is 121 cm³/mol. The summed E-state index contributed by atoms with van der Waals surface area (Å²) in [6, 6.07) is 9.84. The Labute approximate surface area is 194 Å². The first kappa shape index (κ1) is 22.1. The van der Waals surface area contributed by atoms with Gasteiger partial charge in [0, 0.05) is 57.3 Å². The van der Waals surface area contributed by atoms with Crippen LogP contribution in [0.4, 0.5) is 0 Å².